The minimum Gasteiger partial charge on any atom is -0.361 e. The first kappa shape index (κ1) is 53.7. The summed E-state index contributed by atoms with van der Waals surface area (Å²) in [5.41, 5.74) is 7.10. The molecule has 6 aromatic heterocycles. The van der Waals surface area contributed by atoms with Gasteiger partial charge in [-0.15, -0.1) is 0 Å². The number of aryl methyl sites for hydroxylation is 2. The number of rotatable bonds is 15. The number of amides is 4. The number of hydrogen-bond acceptors (Lipinski definition) is 13. The maximum atomic E-state index is 14.0. The lowest BCUT2D eigenvalue weighted by Crippen LogP contribution is -2.51. The summed E-state index contributed by atoms with van der Waals surface area (Å²) in [7, 11) is 2.50. The number of fused-ring (bicyclic) bond motifs is 4. The lowest BCUT2D eigenvalue weighted by atomic mass is 9.97. The molecule has 8 aromatic rings. The Bertz CT molecular complexity index is 3740. The van der Waals surface area contributed by atoms with Gasteiger partial charge in [0.1, 0.15) is 52.6 Å². The largest absolute Gasteiger partial charge is 0.361 e. The summed E-state index contributed by atoms with van der Waals surface area (Å²) in [5.74, 6) is -0.603. The van der Waals surface area contributed by atoms with E-state index in [1.54, 1.807) is 39.3 Å². The van der Waals surface area contributed by atoms with Crippen LogP contribution in [-0.4, -0.2) is 135 Å². The van der Waals surface area contributed by atoms with Gasteiger partial charge in [0.2, 0.25) is 11.8 Å². The standard InChI is InChI=1S/C32H40N8O3Si.C26H26N8O2/c1-38-26-8-6-5-7-23(26)28(37-38)25-18-34-30-29(35-25)24(19-40(30)20-43-15-16-44(2,3)4)31(41)36-27(22-9-10-22)32(42)39-13-11-21(17-33)12-14-39;1-33-20-5-3-2-4-17(20)22(32-33)19-14-29-24-23(30-19)18(13-28-24)25(35)31-21(16-6-7-16)26(36)34-10-8-15(12-27)9-11-34/h5-8,18-19,21-22,27H,9-16,20H2,1-4H3,(H,36,41);2-5,13-16,21H,6-11H2,1H3,(H,28,29)(H,31,35)/t27-;21-/m11/s1. The number of H-pyrrole nitrogens is 1. The summed E-state index contributed by atoms with van der Waals surface area (Å²) in [4.78, 5) is 79.8. The summed E-state index contributed by atoms with van der Waals surface area (Å²) >= 11 is 0. The molecule has 0 spiro atoms. The summed E-state index contributed by atoms with van der Waals surface area (Å²) in [6, 6.07) is 20.3. The number of nitrogens with one attached hydrogen (secondary N) is 3. The Morgan fingerprint density at radius 3 is 1.68 bits per heavy atom. The number of carbonyl (C=O) groups is 4. The Labute approximate surface area is 463 Å². The number of para-hydroxylation sites is 2. The molecule has 2 saturated carbocycles. The summed E-state index contributed by atoms with van der Waals surface area (Å²) in [6.45, 7) is 9.97. The second-order valence-electron chi connectivity index (χ2n) is 23.0. The molecular weight excluding hydrogens is 1030 g/mol. The van der Waals surface area contributed by atoms with Crippen LogP contribution in [0.15, 0.2) is 73.3 Å². The van der Waals surface area contributed by atoms with Gasteiger partial charge in [0.15, 0.2) is 11.3 Å². The van der Waals surface area contributed by atoms with Gasteiger partial charge in [-0.05, 0) is 81.4 Å². The Balaban J connectivity index is 0.000000172. The zero-order valence-corrected chi connectivity index (χ0v) is 46.9. The molecule has 0 bridgehead atoms. The number of nitrogens with zero attached hydrogens (tertiary/aromatic N) is 13. The second kappa shape index (κ2) is 22.4. The molecular formula is C58H66N16O5Si. The number of piperidine rings is 2. The quantitative estimate of drug-likeness (QED) is 0.0671. The van der Waals surface area contributed by atoms with Crippen LogP contribution < -0.4 is 10.6 Å². The smallest absolute Gasteiger partial charge is 0.255 e. The fourth-order valence-corrected chi connectivity index (χ4v) is 11.6. The van der Waals surface area contributed by atoms with E-state index in [1.807, 2.05) is 71.9 Å². The van der Waals surface area contributed by atoms with Gasteiger partial charge in [-0.2, -0.15) is 20.7 Å². The van der Waals surface area contributed by atoms with Crippen molar-refractivity contribution >= 4 is 75.8 Å². The molecule has 2 saturated heterocycles. The highest BCUT2D eigenvalue weighted by atomic mass is 28.3. The Kier molecular flexibility index (Phi) is 15.0. The highest BCUT2D eigenvalue weighted by molar-refractivity contribution is 6.76. The van der Waals surface area contributed by atoms with E-state index >= 15 is 0 Å². The zero-order chi connectivity index (χ0) is 55.8. The third-order valence-electron chi connectivity index (χ3n) is 15.9. The minimum absolute atomic E-state index is 0.00164. The number of hydrogen-bond donors (Lipinski definition) is 3. The van der Waals surface area contributed by atoms with E-state index in [9.17, 15) is 24.4 Å². The van der Waals surface area contributed by atoms with E-state index in [4.69, 9.17) is 30.0 Å². The number of benzene rings is 2. The van der Waals surface area contributed by atoms with Crippen LogP contribution in [0.3, 0.4) is 0 Å². The third-order valence-corrected chi connectivity index (χ3v) is 17.6. The molecule has 2 aromatic carbocycles. The summed E-state index contributed by atoms with van der Waals surface area (Å²) in [5, 5.41) is 35.7. The third kappa shape index (κ3) is 11.3. The molecule has 0 radical (unpaired) electrons. The van der Waals surface area contributed by atoms with Crippen molar-refractivity contribution in [2.24, 2.45) is 37.8 Å². The molecule has 22 heteroatoms. The molecule has 8 heterocycles. The molecule has 2 aliphatic carbocycles. The molecule has 4 fully saturated rings. The first-order chi connectivity index (χ1) is 38.7. The zero-order valence-electron chi connectivity index (χ0n) is 45.9. The Hall–Kier alpha value is -8.34. The van der Waals surface area contributed by atoms with Gasteiger partial charge in [0.05, 0.1) is 46.7 Å². The molecule has 12 rings (SSSR count). The van der Waals surface area contributed by atoms with E-state index in [-0.39, 0.29) is 54.0 Å². The molecule has 4 aliphatic rings. The van der Waals surface area contributed by atoms with E-state index in [0.717, 1.165) is 53.5 Å². The molecule has 412 valence electrons. The average molecular weight is 1100 g/mol. The van der Waals surface area contributed by atoms with Crippen LogP contribution in [0.5, 0.6) is 0 Å². The number of aromatic nitrogens is 10. The average Bonchev–Trinajstić information content (AvgIpc) is 4.45. The van der Waals surface area contributed by atoms with Crippen LogP contribution in [0, 0.1) is 46.3 Å². The first-order valence-electron chi connectivity index (χ1n) is 27.8. The topological polar surface area (TPSA) is 264 Å². The molecule has 3 N–H and O–H groups in total. The fraction of sp³-hybridized carbons (Fsp3) is 0.448. The first-order valence-corrected chi connectivity index (χ1v) is 31.5. The maximum Gasteiger partial charge on any atom is 0.255 e. The molecule has 80 heavy (non-hydrogen) atoms. The Morgan fingerprint density at radius 1 is 0.688 bits per heavy atom. The van der Waals surface area contributed by atoms with Crippen LogP contribution in [0.1, 0.15) is 72.1 Å². The van der Waals surface area contributed by atoms with Gasteiger partial charge >= 0.3 is 0 Å². The highest BCUT2D eigenvalue weighted by Gasteiger charge is 2.42. The van der Waals surface area contributed by atoms with E-state index in [0.29, 0.717) is 115 Å². The van der Waals surface area contributed by atoms with Gasteiger partial charge < -0.3 is 34.7 Å². The van der Waals surface area contributed by atoms with Crippen molar-refractivity contribution in [3.05, 3.63) is 84.4 Å². The van der Waals surface area contributed by atoms with Crippen molar-refractivity contribution in [1.82, 2.24) is 69.5 Å². The fourth-order valence-electron chi connectivity index (χ4n) is 10.9. The molecule has 0 unspecified atom stereocenters. The van der Waals surface area contributed by atoms with Crippen LogP contribution >= 0.6 is 0 Å². The lowest BCUT2D eigenvalue weighted by Gasteiger charge is -2.32. The van der Waals surface area contributed by atoms with Gasteiger partial charge in [-0.25, -0.2) is 19.9 Å². The van der Waals surface area contributed by atoms with Crippen LogP contribution in [0.25, 0.3) is 66.9 Å². The number of ether oxygens (including phenoxy) is 1. The number of carbonyl (C=O) groups excluding carboxylic acids is 4. The number of likely N-dealkylation sites (tertiary alicyclic amines) is 2. The SMILES string of the molecule is Cn1nc(-c2cnc3[nH]cc(C(=O)N[C@@H](C(=O)N4CCC(C#N)CC4)C4CC4)c3n2)c2ccccc21.Cn1nc(-c2cnc3c(n2)c(C(=O)N[C@@H](C(=O)N2CCC(C#N)CC2)C2CC2)cn3COCC[Si](C)(C)C)c2ccccc21. The highest BCUT2D eigenvalue weighted by Crippen LogP contribution is 2.37. The van der Waals surface area contributed by atoms with Crippen molar-refractivity contribution in [3.63, 3.8) is 0 Å². The summed E-state index contributed by atoms with van der Waals surface area (Å²) < 4.78 is 11.5. The second-order valence-corrected chi connectivity index (χ2v) is 28.6. The predicted octanol–water partition coefficient (Wildman–Crippen LogP) is 7.35. The maximum absolute atomic E-state index is 14.0. The minimum atomic E-state index is -1.27. The van der Waals surface area contributed by atoms with Crippen LogP contribution in [-0.2, 0) is 35.2 Å². The molecule has 21 nitrogen and oxygen atoms in total. The van der Waals surface area contributed by atoms with Crippen molar-refractivity contribution in [3.8, 4) is 34.9 Å². The predicted molar refractivity (Wildman–Crippen MR) is 303 cm³/mol. The van der Waals surface area contributed by atoms with Crippen molar-refractivity contribution in [1.29, 1.82) is 10.5 Å². The Morgan fingerprint density at radius 2 is 1.18 bits per heavy atom. The summed E-state index contributed by atoms with van der Waals surface area (Å²) in [6.07, 6.45) is 13.0. The molecule has 2 aliphatic heterocycles. The van der Waals surface area contributed by atoms with E-state index in [1.165, 1.54) is 0 Å². The van der Waals surface area contributed by atoms with Gasteiger partial charge in [-0.1, -0.05) is 56.0 Å². The van der Waals surface area contributed by atoms with E-state index < -0.39 is 20.2 Å². The van der Waals surface area contributed by atoms with Crippen molar-refractivity contribution in [2.45, 2.75) is 95.9 Å². The van der Waals surface area contributed by atoms with E-state index in [2.05, 4.69) is 57.5 Å². The van der Waals surface area contributed by atoms with Gasteiger partial charge in [0, 0.05) is 90.0 Å². The number of aromatic amines is 1. The number of nitriles is 2. The van der Waals surface area contributed by atoms with Crippen molar-refractivity contribution < 1.29 is 23.9 Å². The molecule has 2 atom stereocenters. The normalized spacial score (nSPS) is 17.0. The van der Waals surface area contributed by atoms with Gasteiger partial charge in [-0.3, -0.25) is 28.5 Å². The monoisotopic (exact) mass is 1090 g/mol. The van der Waals surface area contributed by atoms with Gasteiger partial charge in [0.25, 0.3) is 11.8 Å². The van der Waals surface area contributed by atoms with Crippen LogP contribution in [0.2, 0.25) is 25.7 Å². The lowest BCUT2D eigenvalue weighted by molar-refractivity contribution is -0.135. The van der Waals surface area contributed by atoms with Crippen molar-refractivity contribution in [2.75, 3.05) is 32.8 Å². The van der Waals surface area contributed by atoms with Crippen LogP contribution in [0.4, 0.5) is 0 Å². The molecule has 4 amide bonds.